The van der Waals surface area contributed by atoms with Gasteiger partial charge in [-0.3, -0.25) is 4.31 Å². The van der Waals surface area contributed by atoms with Crippen molar-refractivity contribution >= 4 is 37.3 Å². The maximum Gasteiger partial charge on any atom is 0.416 e. The molecule has 0 unspecified atom stereocenters. The van der Waals surface area contributed by atoms with Crippen LogP contribution >= 0.6 is 15.9 Å². The fourth-order valence-corrected chi connectivity index (χ4v) is 5.13. The number of fused-ring (bicyclic) bond motifs is 1. The lowest BCUT2D eigenvalue weighted by Crippen LogP contribution is -2.44. The summed E-state index contributed by atoms with van der Waals surface area (Å²) in [6.45, 7) is 5.66. The fourth-order valence-electron chi connectivity index (χ4n) is 3.27. The minimum absolute atomic E-state index is 0.167. The zero-order valence-corrected chi connectivity index (χ0v) is 18.5. The van der Waals surface area contributed by atoms with Gasteiger partial charge in [-0.25, -0.2) is 8.42 Å². The number of rotatable bonds is 5. The van der Waals surface area contributed by atoms with E-state index in [4.69, 9.17) is 0 Å². The van der Waals surface area contributed by atoms with Crippen molar-refractivity contribution in [1.82, 2.24) is 0 Å². The summed E-state index contributed by atoms with van der Waals surface area (Å²) in [5.41, 5.74) is 0.242. The zero-order chi connectivity index (χ0) is 21.4. The maximum absolute atomic E-state index is 13.2. The molecule has 158 valence electrons. The minimum atomic E-state index is -4.61. The predicted octanol–water partition coefficient (Wildman–Crippen LogP) is 5.53. The molecule has 9 heteroatoms. The molecule has 29 heavy (non-hydrogen) atoms. The van der Waals surface area contributed by atoms with Gasteiger partial charge < -0.3 is 4.90 Å². The molecule has 2 aromatic rings. The van der Waals surface area contributed by atoms with Crippen LogP contribution in [0.1, 0.15) is 25.8 Å². The molecule has 0 amide bonds. The Kier molecular flexibility index (Phi) is 6.19. The highest BCUT2D eigenvalue weighted by Gasteiger charge is 2.35. The van der Waals surface area contributed by atoms with E-state index in [0.717, 1.165) is 30.8 Å². The maximum atomic E-state index is 13.2. The van der Waals surface area contributed by atoms with Gasteiger partial charge >= 0.3 is 6.18 Å². The third-order valence-corrected chi connectivity index (χ3v) is 7.15. The van der Waals surface area contributed by atoms with Crippen molar-refractivity contribution in [3.8, 4) is 0 Å². The van der Waals surface area contributed by atoms with Crippen molar-refractivity contribution in [2.75, 3.05) is 28.8 Å². The molecule has 0 saturated carbocycles. The molecule has 0 aliphatic carbocycles. The second-order valence-electron chi connectivity index (χ2n) is 7.41. The second-order valence-corrected chi connectivity index (χ2v) is 10.2. The summed E-state index contributed by atoms with van der Waals surface area (Å²) in [7, 11) is -4.14. The Morgan fingerprint density at radius 2 is 1.79 bits per heavy atom. The third-order valence-electron chi connectivity index (χ3n) is 4.85. The molecule has 0 spiro atoms. The molecule has 0 radical (unpaired) electrons. The van der Waals surface area contributed by atoms with Crippen LogP contribution in [0.15, 0.2) is 51.8 Å². The summed E-state index contributed by atoms with van der Waals surface area (Å²) in [5, 5.41) is 0. The highest BCUT2D eigenvalue weighted by atomic mass is 79.9. The Morgan fingerprint density at radius 1 is 1.07 bits per heavy atom. The van der Waals surface area contributed by atoms with Gasteiger partial charge in [0.25, 0.3) is 10.0 Å². The van der Waals surface area contributed by atoms with Gasteiger partial charge in [-0.1, -0.05) is 35.8 Å². The van der Waals surface area contributed by atoms with E-state index in [9.17, 15) is 21.6 Å². The Labute approximate surface area is 177 Å². The van der Waals surface area contributed by atoms with Crippen molar-refractivity contribution in [3.05, 3.63) is 52.5 Å². The summed E-state index contributed by atoms with van der Waals surface area (Å²) in [5.74, 6) is 0.501. The summed E-state index contributed by atoms with van der Waals surface area (Å²) in [6.07, 6.45) is -3.65. The molecule has 3 rings (SSSR count). The van der Waals surface area contributed by atoms with Crippen molar-refractivity contribution in [1.29, 1.82) is 0 Å². The third kappa shape index (κ3) is 4.71. The number of halogens is 4. The molecule has 0 fully saturated rings. The Morgan fingerprint density at radius 3 is 2.45 bits per heavy atom. The first-order valence-electron chi connectivity index (χ1n) is 9.24. The van der Waals surface area contributed by atoms with Crippen LogP contribution in [0.4, 0.5) is 24.5 Å². The average molecular weight is 491 g/mol. The van der Waals surface area contributed by atoms with E-state index in [0.29, 0.717) is 28.7 Å². The first-order valence-corrected chi connectivity index (χ1v) is 11.5. The standard InChI is InChI=1S/C20H22BrF3N2O2S/c1-14(2)8-9-25-10-11-26(19-13-16(21)6-7-18(19)25)29(27,28)17-5-3-4-15(12-17)20(22,23)24/h3-7,12-14H,8-11H2,1-2H3. The molecule has 0 N–H and O–H groups in total. The molecule has 0 bridgehead atoms. The van der Waals surface area contributed by atoms with Gasteiger partial charge in [-0.2, -0.15) is 13.2 Å². The predicted molar refractivity (Wildman–Crippen MR) is 112 cm³/mol. The first kappa shape index (κ1) is 22.0. The summed E-state index contributed by atoms with van der Waals surface area (Å²) in [4.78, 5) is 1.76. The van der Waals surface area contributed by atoms with Crippen LogP contribution in [-0.4, -0.2) is 28.1 Å². The zero-order valence-electron chi connectivity index (χ0n) is 16.1. The van der Waals surface area contributed by atoms with Crippen LogP contribution in [0.3, 0.4) is 0 Å². The van der Waals surface area contributed by atoms with Gasteiger partial charge in [0.05, 0.1) is 28.4 Å². The number of hydrogen-bond donors (Lipinski definition) is 0. The molecule has 0 aromatic heterocycles. The van der Waals surface area contributed by atoms with Crippen molar-refractivity contribution in [2.24, 2.45) is 5.92 Å². The molecule has 0 saturated heterocycles. The number of nitrogens with zero attached hydrogens (tertiary/aromatic N) is 2. The van der Waals surface area contributed by atoms with E-state index >= 15 is 0 Å². The van der Waals surface area contributed by atoms with Crippen molar-refractivity contribution in [2.45, 2.75) is 31.3 Å². The molecule has 1 aliphatic rings. The average Bonchev–Trinajstić information content (AvgIpc) is 2.65. The van der Waals surface area contributed by atoms with E-state index in [-0.39, 0.29) is 11.4 Å². The number of sulfonamides is 1. The lowest BCUT2D eigenvalue weighted by molar-refractivity contribution is -0.137. The Balaban J connectivity index is 2.02. The summed E-state index contributed by atoms with van der Waals surface area (Å²) < 4.78 is 67.6. The van der Waals surface area contributed by atoms with Gasteiger partial charge in [0, 0.05) is 17.6 Å². The SMILES string of the molecule is CC(C)CCN1CCN(S(=O)(=O)c2cccc(C(F)(F)F)c2)c2cc(Br)ccc21. The highest BCUT2D eigenvalue weighted by molar-refractivity contribution is 9.10. The van der Waals surface area contributed by atoms with E-state index in [1.54, 1.807) is 6.07 Å². The number of anilines is 2. The molecule has 1 aliphatic heterocycles. The van der Waals surface area contributed by atoms with Gasteiger partial charge in [0.15, 0.2) is 0 Å². The van der Waals surface area contributed by atoms with E-state index in [1.807, 2.05) is 12.1 Å². The molecule has 1 heterocycles. The quantitative estimate of drug-likeness (QED) is 0.553. The van der Waals surface area contributed by atoms with Crippen LogP contribution < -0.4 is 9.21 Å². The van der Waals surface area contributed by atoms with Gasteiger partial charge in [-0.05, 0) is 48.7 Å². The Hall–Kier alpha value is -1.74. The van der Waals surface area contributed by atoms with Crippen LogP contribution in [-0.2, 0) is 16.2 Å². The fraction of sp³-hybridized carbons (Fsp3) is 0.400. The smallest absolute Gasteiger partial charge is 0.368 e. The van der Waals surface area contributed by atoms with Crippen molar-refractivity contribution in [3.63, 3.8) is 0 Å². The second kappa shape index (κ2) is 8.18. The lowest BCUT2D eigenvalue weighted by Gasteiger charge is -2.38. The number of benzene rings is 2. The largest absolute Gasteiger partial charge is 0.416 e. The van der Waals surface area contributed by atoms with Gasteiger partial charge in [0.1, 0.15) is 0 Å². The van der Waals surface area contributed by atoms with E-state index in [1.165, 1.54) is 10.4 Å². The number of hydrogen-bond acceptors (Lipinski definition) is 3. The normalized spacial score (nSPS) is 15.0. The molecular weight excluding hydrogens is 469 g/mol. The summed E-state index contributed by atoms with van der Waals surface area (Å²) >= 11 is 3.37. The highest BCUT2D eigenvalue weighted by Crippen LogP contribution is 2.39. The van der Waals surface area contributed by atoms with Gasteiger partial charge in [-0.15, -0.1) is 0 Å². The topological polar surface area (TPSA) is 40.6 Å². The molecule has 4 nitrogen and oxygen atoms in total. The van der Waals surface area contributed by atoms with Gasteiger partial charge in [0.2, 0.25) is 0 Å². The van der Waals surface area contributed by atoms with Crippen LogP contribution in [0.25, 0.3) is 0 Å². The summed E-state index contributed by atoms with van der Waals surface area (Å²) in [6, 6.07) is 9.26. The van der Waals surface area contributed by atoms with Crippen molar-refractivity contribution < 1.29 is 21.6 Å². The number of alkyl halides is 3. The van der Waals surface area contributed by atoms with Crippen LogP contribution in [0, 0.1) is 5.92 Å². The first-order chi connectivity index (χ1) is 13.5. The van der Waals surface area contributed by atoms with E-state index in [2.05, 4.69) is 34.7 Å². The minimum Gasteiger partial charge on any atom is -0.368 e. The van der Waals surface area contributed by atoms with Crippen LogP contribution in [0.2, 0.25) is 0 Å². The van der Waals surface area contributed by atoms with E-state index < -0.39 is 21.8 Å². The lowest BCUT2D eigenvalue weighted by atomic mass is 10.1. The Bertz CT molecular complexity index is 993. The molecular formula is C20H22BrF3N2O2S. The molecule has 0 atom stereocenters. The molecule has 2 aromatic carbocycles. The van der Waals surface area contributed by atoms with Crippen LogP contribution in [0.5, 0.6) is 0 Å². The monoisotopic (exact) mass is 490 g/mol.